The minimum absolute atomic E-state index is 0.00940. The minimum atomic E-state index is -1.22. The summed E-state index contributed by atoms with van der Waals surface area (Å²) < 4.78 is 19.2. The zero-order valence-electron chi connectivity index (χ0n) is 11.0. The van der Waals surface area contributed by atoms with Crippen LogP contribution in [-0.2, 0) is 0 Å². The number of nitrogens with zero attached hydrogens (tertiary/aromatic N) is 4. The van der Waals surface area contributed by atoms with Crippen LogP contribution in [0.3, 0.4) is 0 Å². The number of halogens is 1. The molecule has 0 amide bonds. The molecule has 2 heterocycles. The molecule has 0 aromatic carbocycles. The molecule has 6 nitrogen and oxygen atoms in total. The highest BCUT2D eigenvalue weighted by molar-refractivity contribution is 5.66. The van der Waals surface area contributed by atoms with Gasteiger partial charge in [0.05, 0.1) is 5.56 Å². The summed E-state index contributed by atoms with van der Waals surface area (Å²) >= 11 is 0. The van der Waals surface area contributed by atoms with Crippen LogP contribution in [0.5, 0.6) is 0 Å². The summed E-state index contributed by atoms with van der Waals surface area (Å²) in [6.45, 7) is 0. The van der Waals surface area contributed by atoms with E-state index in [-0.39, 0.29) is 17.5 Å². The smallest absolute Gasteiger partial charge is 0.261 e. The van der Waals surface area contributed by atoms with Gasteiger partial charge in [0.15, 0.2) is 6.17 Å². The van der Waals surface area contributed by atoms with Crippen molar-refractivity contribution in [3.05, 3.63) is 18.4 Å². The maximum absolute atomic E-state index is 14.2. The molecule has 2 N–H and O–H groups in total. The van der Waals surface area contributed by atoms with E-state index in [9.17, 15) is 4.39 Å². The Morgan fingerprint density at radius 3 is 2.95 bits per heavy atom. The van der Waals surface area contributed by atoms with E-state index in [1.165, 1.54) is 25.4 Å². The summed E-state index contributed by atoms with van der Waals surface area (Å²) in [7, 11) is 0. The standard InChI is InChI=1S/C13H16FN5O/c14-10(5-8-3-1-2-4-8)13-18-12(19-20-13)9-6-16-7-17-11(9)15/h6-8,10H,1-5H2,(H2,15,16,17). The number of hydrogen-bond acceptors (Lipinski definition) is 6. The predicted molar refractivity (Wildman–Crippen MR) is 70.2 cm³/mol. The third-order valence-electron chi connectivity index (χ3n) is 3.71. The molecule has 7 heteroatoms. The maximum atomic E-state index is 14.2. The van der Waals surface area contributed by atoms with Crippen molar-refractivity contribution in [3.8, 4) is 11.4 Å². The van der Waals surface area contributed by atoms with E-state index in [4.69, 9.17) is 10.3 Å². The lowest BCUT2D eigenvalue weighted by Crippen LogP contribution is -2.01. The van der Waals surface area contributed by atoms with E-state index >= 15 is 0 Å². The number of hydrogen-bond donors (Lipinski definition) is 1. The van der Waals surface area contributed by atoms with E-state index in [2.05, 4.69) is 20.1 Å². The molecule has 0 aliphatic heterocycles. The van der Waals surface area contributed by atoms with Crippen molar-refractivity contribution in [2.45, 2.75) is 38.3 Å². The molecule has 2 aromatic rings. The van der Waals surface area contributed by atoms with Crippen molar-refractivity contribution < 1.29 is 8.91 Å². The number of aromatic nitrogens is 4. The summed E-state index contributed by atoms with van der Waals surface area (Å²) in [5, 5.41) is 3.76. The number of rotatable bonds is 4. The highest BCUT2D eigenvalue weighted by atomic mass is 19.1. The summed E-state index contributed by atoms with van der Waals surface area (Å²) in [5.74, 6) is 0.909. The fraction of sp³-hybridized carbons (Fsp3) is 0.538. The predicted octanol–water partition coefficient (Wildman–Crippen LogP) is 2.70. The summed E-state index contributed by atoms with van der Waals surface area (Å²) in [4.78, 5) is 11.8. The molecule has 1 unspecified atom stereocenters. The molecule has 20 heavy (non-hydrogen) atoms. The average molecular weight is 277 g/mol. The van der Waals surface area contributed by atoms with Gasteiger partial charge < -0.3 is 10.3 Å². The normalized spacial score (nSPS) is 17.4. The fourth-order valence-corrected chi connectivity index (χ4v) is 2.62. The first-order valence-electron chi connectivity index (χ1n) is 6.77. The lowest BCUT2D eigenvalue weighted by atomic mass is 10.0. The third-order valence-corrected chi connectivity index (χ3v) is 3.71. The summed E-state index contributed by atoms with van der Waals surface area (Å²) in [6.07, 6.45) is 6.59. The van der Waals surface area contributed by atoms with Crippen molar-refractivity contribution in [2.75, 3.05) is 5.73 Å². The Balaban J connectivity index is 1.74. The first-order chi connectivity index (χ1) is 9.74. The van der Waals surface area contributed by atoms with Gasteiger partial charge >= 0.3 is 0 Å². The average Bonchev–Trinajstić information content (AvgIpc) is 3.10. The Hall–Kier alpha value is -2.05. The molecular weight excluding hydrogens is 261 g/mol. The minimum Gasteiger partial charge on any atom is -0.383 e. The van der Waals surface area contributed by atoms with Crippen LogP contribution in [0.25, 0.3) is 11.4 Å². The maximum Gasteiger partial charge on any atom is 0.261 e. The summed E-state index contributed by atoms with van der Waals surface area (Å²) in [6, 6.07) is 0. The Morgan fingerprint density at radius 1 is 1.40 bits per heavy atom. The van der Waals surface area contributed by atoms with Gasteiger partial charge in [-0.3, -0.25) is 0 Å². The molecule has 3 rings (SSSR count). The number of anilines is 1. The molecule has 0 spiro atoms. The number of nitrogen functional groups attached to an aromatic ring is 1. The fourth-order valence-electron chi connectivity index (χ4n) is 2.62. The van der Waals surface area contributed by atoms with Gasteiger partial charge in [-0.25, -0.2) is 14.4 Å². The highest BCUT2D eigenvalue weighted by Gasteiger charge is 2.25. The second kappa shape index (κ2) is 5.52. The van der Waals surface area contributed by atoms with Gasteiger partial charge in [0.1, 0.15) is 12.1 Å². The van der Waals surface area contributed by atoms with Crippen LogP contribution in [0.15, 0.2) is 17.0 Å². The van der Waals surface area contributed by atoms with Crippen LogP contribution >= 0.6 is 0 Å². The number of alkyl halides is 1. The lowest BCUT2D eigenvalue weighted by molar-refractivity contribution is 0.209. The van der Waals surface area contributed by atoms with E-state index in [1.807, 2.05) is 0 Å². The van der Waals surface area contributed by atoms with Crippen molar-refractivity contribution in [2.24, 2.45) is 5.92 Å². The van der Waals surface area contributed by atoms with Crippen LogP contribution in [0, 0.1) is 5.92 Å². The Kier molecular flexibility index (Phi) is 3.58. The first kappa shape index (κ1) is 13.0. The molecule has 1 atom stereocenters. The van der Waals surface area contributed by atoms with E-state index in [1.54, 1.807) is 0 Å². The van der Waals surface area contributed by atoms with Gasteiger partial charge in [-0.05, 0) is 12.3 Å². The molecule has 106 valence electrons. The molecule has 0 bridgehead atoms. The molecule has 2 aromatic heterocycles. The zero-order chi connectivity index (χ0) is 13.9. The van der Waals surface area contributed by atoms with Crippen molar-refractivity contribution in [1.82, 2.24) is 20.1 Å². The topological polar surface area (TPSA) is 90.7 Å². The van der Waals surface area contributed by atoms with Crippen molar-refractivity contribution in [3.63, 3.8) is 0 Å². The van der Waals surface area contributed by atoms with Crippen LogP contribution in [0.2, 0.25) is 0 Å². The highest BCUT2D eigenvalue weighted by Crippen LogP contribution is 2.34. The molecule has 0 radical (unpaired) electrons. The molecule has 1 saturated carbocycles. The molecule has 1 fully saturated rings. The number of nitrogens with two attached hydrogens (primary N) is 1. The first-order valence-corrected chi connectivity index (χ1v) is 6.77. The van der Waals surface area contributed by atoms with Gasteiger partial charge in [-0.2, -0.15) is 4.98 Å². The van der Waals surface area contributed by atoms with Crippen LogP contribution in [0.4, 0.5) is 10.2 Å². The van der Waals surface area contributed by atoms with E-state index in [0.717, 1.165) is 12.8 Å². The SMILES string of the molecule is Nc1ncncc1-c1noc(C(F)CC2CCCC2)n1. The van der Waals surface area contributed by atoms with Crippen LogP contribution in [-0.4, -0.2) is 20.1 Å². The largest absolute Gasteiger partial charge is 0.383 e. The van der Waals surface area contributed by atoms with Crippen LogP contribution < -0.4 is 5.73 Å². The van der Waals surface area contributed by atoms with Gasteiger partial charge in [0, 0.05) is 6.20 Å². The van der Waals surface area contributed by atoms with E-state index < -0.39 is 6.17 Å². The zero-order valence-corrected chi connectivity index (χ0v) is 11.0. The van der Waals surface area contributed by atoms with Gasteiger partial charge in [0.2, 0.25) is 5.82 Å². The van der Waals surface area contributed by atoms with Crippen molar-refractivity contribution in [1.29, 1.82) is 0 Å². The second-order valence-electron chi connectivity index (χ2n) is 5.13. The third kappa shape index (κ3) is 2.61. The molecular formula is C13H16FN5O. The van der Waals surface area contributed by atoms with E-state index in [0.29, 0.717) is 17.9 Å². The lowest BCUT2D eigenvalue weighted by Gasteiger charge is -2.09. The monoisotopic (exact) mass is 277 g/mol. The molecule has 0 saturated heterocycles. The Labute approximate surface area is 115 Å². The Bertz CT molecular complexity index is 582. The van der Waals surface area contributed by atoms with Crippen molar-refractivity contribution >= 4 is 5.82 Å². The quantitative estimate of drug-likeness (QED) is 0.923. The Morgan fingerprint density at radius 2 is 2.20 bits per heavy atom. The van der Waals surface area contributed by atoms with Gasteiger partial charge in [0.25, 0.3) is 5.89 Å². The molecule has 1 aliphatic rings. The van der Waals surface area contributed by atoms with Gasteiger partial charge in [-0.15, -0.1) is 0 Å². The second-order valence-corrected chi connectivity index (χ2v) is 5.13. The summed E-state index contributed by atoms with van der Waals surface area (Å²) in [5.41, 5.74) is 6.16. The van der Waals surface area contributed by atoms with Gasteiger partial charge in [-0.1, -0.05) is 30.8 Å². The van der Waals surface area contributed by atoms with Crippen LogP contribution in [0.1, 0.15) is 44.2 Å². The molecule has 1 aliphatic carbocycles.